The number of nitriles is 1. The van der Waals surface area contributed by atoms with Gasteiger partial charge in [-0.3, -0.25) is 0 Å². The fourth-order valence-corrected chi connectivity index (χ4v) is 1.41. The minimum absolute atomic E-state index is 0.0311. The molecule has 0 saturated carbocycles. The Balaban J connectivity index is 2.98. The van der Waals surface area contributed by atoms with Gasteiger partial charge in [-0.05, 0) is 18.6 Å². The predicted octanol–water partition coefficient (Wildman–Crippen LogP) is 3.05. The summed E-state index contributed by atoms with van der Waals surface area (Å²) in [6.07, 6.45) is 6.30. The van der Waals surface area contributed by atoms with Crippen molar-refractivity contribution in [1.82, 2.24) is 0 Å². The highest BCUT2D eigenvalue weighted by Crippen LogP contribution is 2.21. The highest BCUT2D eigenvalue weighted by Gasteiger charge is 2.15. The van der Waals surface area contributed by atoms with E-state index in [1.54, 1.807) is 6.07 Å². The SMILES string of the molecule is C#CCC(CC)Nc1ccc(C#N)c(F)c1F. The summed E-state index contributed by atoms with van der Waals surface area (Å²) in [6.45, 7) is 1.90. The second kappa shape index (κ2) is 5.86. The lowest BCUT2D eigenvalue weighted by Crippen LogP contribution is -2.18. The first kappa shape index (κ1) is 13.0. The predicted molar refractivity (Wildman–Crippen MR) is 62.2 cm³/mol. The smallest absolute Gasteiger partial charge is 0.183 e. The lowest BCUT2D eigenvalue weighted by Gasteiger charge is -2.16. The minimum Gasteiger partial charge on any atom is -0.379 e. The van der Waals surface area contributed by atoms with Crippen molar-refractivity contribution in [2.75, 3.05) is 5.32 Å². The Bertz CT molecular complexity index is 483. The van der Waals surface area contributed by atoms with Gasteiger partial charge in [-0.1, -0.05) is 6.92 Å². The molecule has 17 heavy (non-hydrogen) atoms. The van der Waals surface area contributed by atoms with E-state index in [0.29, 0.717) is 12.8 Å². The fourth-order valence-electron chi connectivity index (χ4n) is 1.41. The van der Waals surface area contributed by atoms with E-state index >= 15 is 0 Å². The van der Waals surface area contributed by atoms with Crippen LogP contribution < -0.4 is 5.32 Å². The number of anilines is 1. The van der Waals surface area contributed by atoms with Gasteiger partial charge >= 0.3 is 0 Å². The molecule has 0 bridgehead atoms. The highest BCUT2D eigenvalue weighted by atomic mass is 19.2. The largest absolute Gasteiger partial charge is 0.379 e. The number of hydrogen-bond acceptors (Lipinski definition) is 2. The molecule has 1 rings (SSSR count). The number of terminal acetylenes is 1. The molecule has 0 fully saturated rings. The summed E-state index contributed by atoms with van der Waals surface area (Å²) in [5, 5.41) is 11.4. The summed E-state index contributed by atoms with van der Waals surface area (Å²) in [6, 6.07) is 4.05. The Morgan fingerprint density at radius 1 is 1.41 bits per heavy atom. The monoisotopic (exact) mass is 234 g/mol. The van der Waals surface area contributed by atoms with Gasteiger partial charge in [-0.25, -0.2) is 8.78 Å². The van der Waals surface area contributed by atoms with E-state index in [1.807, 2.05) is 6.92 Å². The summed E-state index contributed by atoms with van der Waals surface area (Å²) in [5.74, 6) is 0.291. The Kier molecular flexibility index (Phi) is 4.48. The molecule has 1 aromatic carbocycles. The van der Waals surface area contributed by atoms with Crippen LogP contribution >= 0.6 is 0 Å². The molecule has 2 nitrogen and oxygen atoms in total. The quantitative estimate of drug-likeness (QED) is 0.813. The molecular weight excluding hydrogens is 222 g/mol. The molecule has 1 unspecified atom stereocenters. The van der Waals surface area contributed by atoms with Crippen LogP contribution in [0.15, 0.2) is 12.1 Å². The van der Waals surface area contributed by atoms with Crippen LogP contribution in [0.4, 0.5) is 14.5 Å². The second-order valence-corrected chi connectivity index (χ2v) is 3.56. The topological polar surface area (TPSA) is 35.8 Å². The maximum absolute atomic E-state index is 13.5. The van der Waals surface area contributed by atoms with Crippen LogP contribution in [0.1, 0.15) is 25.3 Å². The Morgan fingerprint density at radius 2 is 2.12 bits per heavy atom. The van der Waals surface area contributed by atoms with E-state index in [9.17, 15) is 8.78 Å². The van der Waals surface area contributed by atoms with Gasteiger partial charge in [0.05, 0.1) is 11.3 Å². The van der Waals surface area contributed by atoms with E-state index in [1.165, 1.54) is 12.1 Å². The van der Waals surface area contributed by atoms with Crippen molar-refractivity contribution in [3.05, 3.63) is 29.3 Å². The average Bonchev–Trinajstić information content (AvgIpc) is 2.34. The maximum Gasteiger partial charge on any atom is 0.183 e. The summed E-state index contributed by atoms with van der Waals surface area (Å²) in [7, 11) is 0. The van der Waals surface area contributed by atoms with Crippen molar-refractivity contribution < 1.29 is 8.78 Å². The van der Waals surface area contributed by atoms with Crippen LogP contribution in [0.3, 0.4) is 0 Å². The molecule has 1 N–H and O–H groups in total. The summed E-state index contributed by atoms with van der Waals surface area (Å²) in [5.41, 5.74) is -0.276. The Labute approximate surface area is 99.3 Å². The highest BCUT2D eigenvalue weighted by molar-refractivity contribution is 5.50. The summed E-state index contributed by atoms with van der Waals surface area (Å²) in [4.78, 5) is 0. The van der Waals surface area contributed by atoms with Crippen molar-refractivity contribution in [2.24, 2.45) is 0 Å². The number of halogens is 2. The van der Waals surface area contributed by atoms with E-state index < -0.39 is 11.6 Å². The molecule has 0 aliphatic heterocycles. The normalized spacial score (nSPS) is 11.4. The van der Waals surface area contributed by atoms with Crippen LogP contribution in [-0.2, 0) is 0 Å². The van der Waals surface area contributed by atoms with Gasteiger partial charge in [0, 0.05) is 12.5 Å². The van der Waals surface area contributed by atoms with Gasteiger partial charge in [0.2, 0.25) is 0 Å². The maximum atomic E-state index is 13.5. The third kappa shape index (κ3) is 2.95. The van der Waals surface area contributed by atoms with Crippen LogP contribution in [0.2, 0.25) is 0 Å². The molecule has 1 aromatic rings. The van der Waals surface area contributed by atoms with Crippen molar-refractivity contribution in [2.45, 2.75) is 25.8 Å². The molecule has 4 heteroatoms. The molecule has 0 radical (unpaired) electrons. The molecule has 0 saturated heterocycles. The van der Waals surface area contributed by atoms with Gasteiger partial charge in [0.25, 0.3) is 0 Å². The van der Waals surface area contributed by atoms with Gasteiger partial charge in [-0.15, -0.1) is 12.3 Å². The van der Waals surface area contributed by atoms with Gasteiger partial charge < -0.3 is 5.32 Å². The first-order chi connectivity index (χ1) is 8.13. The molecule has 0 aromatic heterocycles. The average molecular weight is 234 g/mol. The molecule has 0 amide bonds. The zero-order valence-electron chi connectivity index (χ0n) is 9.43. The van der Waals surface area contributed by atoms with Crippen molar-refractivity contribution in [3.8, 4) is 18.4 Å². The standard InChI is InChI=1S/C13H12F2N2/c1-3-5-10(4-2)17-11-7-6-9(8-16)12(14)13(11)15/h1,6-7,10,17H,4-5H2,2H3. The van der Waals surface area contributed by atoms with E-state index in [2.05, 4.69) is 11.2 Å². The minimum atomic E-state index is -1.13. The third-order valence-electron chi connectivity index (χ3n) is 2.42. The number of benzene rings is 1. The first-order valence-corrected chi connectivity index (χ1v) is 5.22. The third-order valence-corrected chi connectivity index (χ3v) is 2.42. The fraction of sp³-hybridized carbons (Fsp3) is 0.308. The lowest BCUT2D eigenvalue weighted by atomic mass is 10.1. The Hall–Kier alpha value is -2.07. The number of nitrogens with one attached hydrogen (secondary N) is 1. The molecule has 88 valence electrons. The van der Waals surface area contributed by atoms with Crippen LogP contribution in [-0.4, -0.2) is 6.04 Å². The van der Waals surface area contributed by atoms with Crippen LogP contribution in [0.5, 0.6) is 0 Å². The molecule has 1 atom stereocenters. The van der Waals surface area contributed by atoms with Crippen molar-refractivity contribution in [3.63, 3.8) is 0 Å². The summed E-state index contributed by atoms with van der Waals surface area (Å²) >= 11 is 0. The number of rotatable bonds is 4. The second-order valence-electron chi connectivity index (χ2n) is 3.56. The molecule has 0 spiro atoms. The van der Waals surface area contributed by atoms with Gasteiger partial charge in [0.1, 0.15) is 6.07 Å². The van der Waals surface area contributed by atoms with Crippen molar-refractivity contribution >= 4 is 5.69 Å². The number of hydrogen-bond donors (Lipinski definition) is 1. The molecule has 0 heterocycles. The van der Waals surface area contributed by atoms with Crippen LogP contribution in [0.25, 0.3) is 0 Å². The lowest BCUT2D eigenvalue weighted by molar-refractivity contribution is 0.507. The molecular formula is C13H12F2N2. The molecule has 0 aliphatic carbocycles. The zero-order chi connectivity index (χ0) is 12.8. The van der Waals surface area contributed by atoms with E-state index in [4.69, 9.17) is 11.7 Å². The van der Waals surface area contributed by atoms with Gasteiger partial charge in [0.15, 0.2) is 11.6 Å². The van der Waals surface area contributed by atoms with Crippen LogP contribution in [0, 0.1) is 35.3 Å². The molecule has 0 aliphatic rings. The Morgan fingerprint density at radius 3 is 2.65 bits per heavy atom. The zero-order valence-corrected chi connectivity index (χ0v) is 9.43. The van der Waals surface area contributed by atoms with E-state index in [-0.39, 0.29) is 17.3 Å². The van der Waals surface area contributed by atoms with Gasteiger partial charge in [-0.2, -0.15) is 5.26 Å². The summed E-state index contributed by atoms with van der Waals surface area (Å²) < 4.78 is 26.9. The first-order valence-electron chi connectivity index (χ1n) is 5.22. The van der Waals surface area contributed by atoms with Crippen molar-refractivity contribution in [1.29, 1.82) is 5.26 Å². The number of nitrogens with zero attached hydrogens (tertiary/aromatic N) is 1. The van der Waals surface area contributed by atoms with E-state index in [0.717, 1.165) is 0 Å².